The van der Waals surface area contributed by atoms with E-state index in [9.17, 15) is 4.79 Å². The zero-order valence-electron chi connectivity index (χ0n) is 9.28. The molecule has 1 saturated carbocycles. The Morgan fingerprint density at radius 3 is 3.12 bits per heavy atom. The zero-order chi connectivity index (χ0) is 11.0. The van der Waals surface area contributed by atoms with E-state index < -0.39 is 0 Å². The van der Waals surface area contributed by atoms with Crippen LogP contribution in [0.15, 0.2) is 24.4 Å². The fraction of sp³-hybridized carbons (Fsp3) is 0.429. The van der Waals surface area contributed by atoms with Gasteiger partial charge in [-0.25, -0.2) is 0 Å². The first kappa shape index (κ1) is 9.76. The van der Waals surface area contributed by atoms with Crippen LogP contribution in [0.2, 0.25) is 0 Å². The molecule has 0 bridgehead atoms. The Morgan fingerprint density at radius 1 is 1.31 bits per heavy atom. The van der Waals surface area contributed by atoms with Crippen molar-refractivity contribution in [3.63, 3.8) is 0 Å². The molecule has 3 rings (SSSR count). The zero-order valence-corrected chi connectivity index (χ0v) is 9.28. The molecule has 0 unspecified atom stereocenters. The first-order valence-electron chi connectivity index (χ1n) is 5.97. The number of rotatable bonds is 0. The summed E-state index contributed by atoms with van der Waals surface area (Å²) in [5, 5.41) is 0. The van der Waals surface area contributed by atoms with Crippen molar-refractivity contribution in [3.8, 4) is 0 Å². The molecular formula is C14H15NO. The fourth-order valence-corrected chi connectivity index (χ4v) is 2.83. The number of hydrogen-bond acceptors (Lipinski definition) is 2. The third-order valence-corrected chi connectivity index (χ3v) is 3.82. The van der Waals surface area contributed by atoms with Crippen molar-refractivity contribution in [1.29, 1.82) is 0 Å². The number of hydrogen-bond donors (Lipinski definition) is 0. The van der Waals surface area contributed by atoms with Gasteiger partial charge in [-0.1, -0.05) is 24.6 Å². The maximum absolute atomic E-state index is 12.1. The van der Waals surface area contributed by atoms with Crippen LogP contribution in [-0.4, -0.2) is 10.8 Å². The summed E-state index contributed by atoms with van der Waals surface area (Å²) in [6.07, 6.45) is 10.8. The van der Waals surface area contributed by atoms with Gasteiger partial charge in [0.1, 0.15) is 5.78 Å². The normalized spacial score (nSPS) is 28.1. The first-order valence-corrected chi connectivity index (χ1v) is 5.97. The predicted molar refractivity (Wildman–Crippen MR) is 62.9 cm³/mol. The Hall–Kier alpha value is -1.44. The number of carbonyl (C=O) groups is 1. The van der Waals surface area contributed by atoms with Gasteiger partial charge >= 0.3 is 0 Å². The molecule has 1 fully saturated rings. The van der Waals surface area contributed by atoms with E-state index in [1.54, 1.807) is 0 Å². The number of Topliss-reactive ketones (excluding diaryl/α,β-unsaturated/α-hetero) is 1. The van der Waals surface area contributed by atoms with E-state index in [1.807, 2.05) is 12.3 Å². The molecule has 1 aromatic rings. The first-order chi connectivity index (χ1) is 7.80. The molecule has 0 radical (unpaired) electrons. The molecule has 0 amide bonds. The van der Waals surface area contributed by atoms with E-state index in [0.29, 0.717) is 5.78 Å². The lowest BCUT2D eigenvalue weighted by Gasteiger charge is -2.35. The highest BCUT2D eigenvalue weighted by Gasteiger charge is 2.39. The van der Waals surface area contributed by atoms with Crippen LogP contribution in [0.3, 0.4) is 0 Å². The van der Waals surface area contributed by atoms with Crippen LogP contribution in [-0.2, 0) is 11.2 Å². The Balaban J connectivity index is 2.00. The monoisotopic (exact) mass is 213 g/mol. The molecule has 1 spiro atoms. The van der Waals surface area contributed by atoms with Gasteiger partial charge in [-0.15, -0.1) is 0 Å². The maximum Gasteiger partial charge on any atom is 0.143 e. The standard InChI is InChI=1S/C14H15NO/c16-13-5-1-2-7-14(13)8-6-11-4-3-9-15-12(11)10-14/h3-4,6,8-9H,1-2,5,7,10H2/t14-/m1/s1. The highest BCUT2D eigenvalue weighted by Crippen LogP contribution is 2.41. The number of allylic oxidation sites excluding steroid dienone is 1. The second kappa shape index (κ2) is 3.55. The molecule has 0 aromatic carbocycles. The minimum Gasteiger partial charge on any atom is -0.299 e. The average molecular weight is 213 g/mol. The van der Waals surface area contributed by atoms with Gasteiger partial charge in [0, 0.05) is 24.7 Å². The Kier molecular flexibility index (Phi) is 2.16. The molecule has 1 heterocycles. The van der Waals surface area contributed by atoms with Crippen molar-refractivity contribution < 1.29 is 4.79 Å². The van der Waals surface area contributed by atoms with Gasteiger partial charge in [0.05, 0.1) is 5.41 Å². The van der Waals surface area contributed by atoms with Crippen LogP contribution in [0.25, 0.3) is 6.08 Å². The van der Waals surface area contributed by atoms with E-state index in [-0.39, 0.29) is 5.41 Å². The largest absolute Gasteiger partial charge is 0.299 e. The summed E-state index contributed by atoms with van der Waals surface area (Å²) < 4.78 is 0. The molecule has 2 nitrogen and oxygen atoms in total. The van der Waals surface area contributed by atoms with Crippen molar-refractivity contribution in [2.75, 3.05) is 0 Å². The molecule has 16 heavy (non-hydrogen) atoms. The third kappa shape index (κ3) is 1.41. The lowest BCUT2D eigenvalue weighted by atomic mass is 9.67. The number of pyridine rings is 1. The maximum atomic E-state index is 12.1. The Labute approximate surface area is 95.4 Å². The Bertz CT molecular complexity index is 464. The van der Waals surface area contributed by atoms with Gasteiger partial charge in [0.25, 0.3) is 0 Å². The summed E-state index contributed by atoms with van der Waals surface area (Å²) in [5.74, 6) is 0.409. The van der Waals surface area contributed by atoms with Gasteiger partial charge < -0.3 is 0 Å². The summed E-state index contributed by atoms with van der Waals surface area (Å²) in [7, 11) is 0. The number of nitrogens with zero attached hydrogens (tertiary/aromatic N) is 1. The van der Waals surface area contributed by atoms with E-state index >= 15 is 0 Å². The molecule has 0 saturated heterocycles. The minimum atomic E-state index is -0.223. The second-order valence-corrected chi connectivity index (χ2v) is 4.84. The van der Waals surface area contributed by atoms with E-state index in [2.05, 4.69) is 23.2 Å². The lowest BCUT2D eigenvalue weighted by Crippen LogP contribution is -2.36. The lowest BCUT2D eigenvalue weighted by molar-refractivity contribution is -0.128. The van der Waals surface area contributed by atoms with Crippen molar-refractivity contribution in [3.05, 3.63) is 35.7 Å². The fourth-order valence-electron chi connectivity index (χ4n) is 2.83. The summed E-state index contributed by atoms with van der Waals surface area (Å²) in [6, 6.07) is 4.02. The number of ketones is 1. The van der Waals surface area contributed by atoms with E-state index in [4.69, 9.17) is 0 Å². The summed E-state index contributed by atoms with van der Waals surface area (Å²) >= 11 is 0. The van der Waals surface area contributed by atoms with Crippen molar-refractivity contribution >= 4 is 11.9 Å². The highest BCUT2D eigenvalue weighted by atomic mass is 16.1. The van der Waals surface area contributed by atoms with Gasteiger partial charge in [-0.05, 0) is 24.5 Å². The van der Waals surface area contributed by atoms with Crippen LogP contribution in [0.1, 0.15) is 36.9 Å². The topological polar surface area (TPSA) is 30.0 Å². The smallest absolute Gasteiger partial charge is 0.143 e. The molecule has 2 aliphatic carbocycles. The molecule has 0 aliphatic heterocycles. The molecule has 0 N–H and O–H groups in total. The van der Waals surface area contributed by atoms with Crippen LogP contribution < -0.4 is 0 Å². The van der Waals surface area contributed by atoms with Crippen LogP contribution in [0.4, 0.5) is 0 Å². The molecular weight excluding hydrogens is 198 g/mol. The average Bonchev–Trinajstić information content (AvgIpc) is 2.33. The SMILES string of the molecule is O=C1CCCC[C@]12C=Cc1cccnc1C2. The number of fused-ring (bicyclic) bond motifs is 1. The van der Waals surface area contributed by atoms with E-state index in [1.165, 1.54) is 5.56 Å². The quantitative estimate of drug-likeness (QED) is 0.663. The molecule has 1 atom stereocenters. The third-order valence-electron chi connectivity index (χ3n) is 3.82. The van der Waals surface area contributed by atoms with Crippen LogP contribution in [0, 0.1) is 5.41 Å². The van der Waals surface area contributed by atoms with Gasteiger partial charge in [-0.2, -0.15) is 0 Å². The van der Waals surface area contributed by atoms with Crippen molar-refractivity contribution in [2.45, 2.75) is 32.1 Å². The number of aromatic nitrogens is 1. The minimum absolute atomic E-state index is 0.223. The molecule has 82 valence electrons. The summed E-state index contributed by atoms with van der Waals surface area (Å²) in [4.78, 5) is 16.5. The number of carbonyl (C=O) groups excluding carboxylic acids is 1. The van der Waals surface area contributed by atoms with Crippen LogP contribution >= 0.6 is 0 Å². The van der Waals surface area contributed by atoms with Gasteiger partial charge in [-0.3, -0.25) is 9.78 Å². The molecule has 2 aliphatic rings. The summed E-state index contributed by atoms with van der Waals surface area (Å²) in [5.41, 5.74) is 2.03. The second-order valence-electron chi connectivity index (χ2n) is 4.84. The summed E-state index contributed by atoms with van der Waals surface area (Å²) in [6.45, 7) is 0. The Morgan fingerprint density at radius 2 is 2.25 bits per heavy atom. The van der Waals surface area contributed by atoms with Crippen molar-refractivity contribution in [1.82, 2.24) is 4.98 Å². The molecule has 1 aromatic heterocycles. The highest BCUT2D eigenvalue weighted by molar-refractivity contribution is 5.89. The molecule has 2 heteroatoms. The predicted octanol–water partition coefficient (Wildman–Crippen LogP) is 2.78. The van der Waals surface area contributed by atoms with Crippen LogP contribution in [0.5, 0.6) is 0 Å². The van der Waals surface area contributed by atoms with E-state index in [0.717, 1.165) is 37.8 Å². The van der Waals surface area contributed by atoms with Crippen molar-refractivity contribution in [2.24, 2.45) is 5.41 Å². The van der Waals surface area contributed by atoms with Gasteiger partial charge in [0.2, 0.25) is 0 Å². The van der Waals surface area contributed by atoms with Gasteiger partial charge in [0.15, 0.2) is 0 Å².